The Bertz CT molecular complexity index is 891. The predicted octanol–water partition coefficient (Wildman–Crippen LogP) is 4.15. The molecule has 1 aromatic carbocycles. The number of aromatic nitrogens is 2. The predicted molar refractivity (Wildman–Crippen MR) is 91.3 cm³/mol. The van der Waals surface area contributed by atoms with Crippen molar-refractivity contribution in [2.75, 3.05) is 5.32 Å². The summed E-state index contributed by atoms with van der Waals surface area (Å²) in [5.41, 5.74) is 4.15. The Balaban J connectivity index is 1.90. The van der Waals surface area contributed by atoms with Crippen LogP contribution in [0, 0.1) is 19.7 Å². The minimum atomic E-state index is -0.298. The first kappa shape index (κ1) is 15.8. The molecule has 0 saturated heterocycles. The van der Waals surface area contributed by atoms with Crippen LogP contribution in [-0.2, 0) is 0 Å². The standard InChI is InChI=1S/C19H16FN3O/c1-12-10-17(7-8-21-12)23-19(24)18-11-15(9-13(2)22-18)14-3-5-16(20)6-4-14/h3-11H,1-2H3,(H,21,23,24). The van der Waals surface area contributed by atoms with E-state index >= 15 is 0 Å². The van der Waals surface area contributed by atoms with Crippen molar-refractivity contribution < 1.29 is 9.18 Å². The molecule has 120 valence electrons. The summed E-state index contributed by atoms with van der Waals surface area (Å²) < 4.78 is 13.1. The Morgan fingerprint density at radius 1 is 0.958 bits per heavy atom. The first-order valence-electron chi connectivity index (χ1n) is 7.50. The smallest absolute Gasteiger partial charge is 0.274 e. The summed E-state index contributed by atoms with van der Waals surface area (Å²) in [5.74, 6) is -0.594. The van der Waals surface area contributed by atoms with E-state index in [1.807, 2.05) is 19.9 Å². The Hall–Kier alpha value is -3.08. The van der Waals surface area contributed by atoms with E-state index in [0.29, 0.717) is 17.1 Å². The monoisotopic (exact) mass is 321 g/mol. The highest BCUT2D eigenvalue weighted by Crippen LogP contribution is 2.22. The number of hydrogen-bond donors (Lipinski definition) is 1. The molecule has 3 aromatic rings. The van der Waals surface area contributed by atoms with Crippen LogP contribution in [0.1, 0.15) is 21.9 Å². The van der Waals surface area contributed by atoms with E-state index in [-0.39, 0.29) is 11.7 Å². The lowest BCUT2D eigenvalue weighted by Crippen LogP contribution is -2.14. The van der Waals surface area contributed by atoms with Gasteiger partial charge in [0.1, 0.15) is 11.5 Å². The number of amides is 1. The number of carbonyl (C=O) groups is 1. The van der Waals surface area contributed by atoms with Gasteiger partial charge in [-0.25, -0.2) is 9.37 Å². The average molecular weight is 321 g/mol. The zero-order chi connectivity index (χ0) is 17.1. The third-order valence-corrected chi connectivity index (χ3v) is 3.52. The van der Waals surface area contributed by atoms with Crippen LogP contribution >= 0.6 is 0 Å². The van der Waals surface area contributed by atoms with Crippen molar-refractivity contribution in [3.05, 3.63) is 77.6 Å². The number of aryl methyl sites for hydroxylation is 2. The summed E-state index contributed by atoms with van der Waals surface area (Å²) in [4.78, 5) is 20.9. The van der Waals surface area contributed by atoms with Crippen molar-refractivity contribution >= 4 is 11.6 Å². The first-order valence-corrected chi connectivity index (χ1v) is 7.50. The molecule has 5 heteroatoms. The van der Waals surface area contributed by atoms with Gasteiger partial charge in [-0.2, -0.15) is 0 Å². The van der Waals surface area contributed by atoms with Gasteiger partial charge in [0, 0.05) is 23.3 Å². The number of carbonyl (C=O) groups excluding carboxylic acids is 1. The molecular formula is C19H16FN3O. The van der Waals surface area contributed by atoms with Gasteiger partial charge in [-0.05, 0) is 61.4 Å². The van der Waals surface area contributed by atoms with Gasteiger partial charge in [0.2, 0.25) is 0 Å². The van der Waals surface area contributed by atoms with Crippen molar-refractivity contribution in [3.63, 3.8) is 0 Å². The lowest BCUT2D eigenvalue weighted by Gasteiger charge is -2.09. The van der Waals surface area contributed by atoms with E-state index in [1.54, 1.807) is 36.5 Å². The maximum Gasteiger partial charge on any atom is 0.274 e. The van der Waals surface area contributed by atoms with Gasteiger partial charge in [0.15, 0.2) is 0 Å². The van der Waals surface area contributed by atoms with E-state index in [9.17, 15) is 9.18 Å². The Morgan fingerprint density at radius 2 is 1.71 bits per heavy atom. The van der Waals surface area contributed by atoms with Gasteiger partial charge in [-0.3, -0.25) is 9.78 Å². The van der Waals surface area contributed by atoms with Crippen LogP contribution < -0.4 is 5.32 Å². The van der Waals surface area contributed by atoms with Crippen molar-refractivity contribution in [3.8, 4) is 11.1 Å². The second kappa shape index (κ2) is 6.58. The van der Waals surface area contributed by atoms with Crippen LogP contribution in [-0.4, -0.2) is 15.9 Å². The van der Waals surface area contributed by atoms with Crippen molar-refractivity contribution in [2.24, 2.45) is 0 Å². The Kier molecular flexibility index (Phi) is 4.33. The van der Waals surface area contributed by atoms with Gasteiger partial charge in [-0.1, -0.05) is 12.1 Å². The van der Waals surface area contributed by atoms with E-state index in [4.69, 9.17) is 0 Å². The number of rotatable bonds is 3. The summed E-state index contributed by atoms with van der Waals surface area (Å²) >= 11 is 0. The summed E-state index contributed by atoms with van der Waals surface area (Å²) in [7, 11) is 0. The second-order valence-corrected chi connectivity index (χ2v) is 5.53. The number of nitrogens with one attached hydrogen (secondary N) is 1. The minimum Gasteiger partial charge on any atom is -0.321 e. The van der Waals surface area contributed by atoms with Crippen LogP contribution in [0.2, 0.25) is 0 Å². The molecule has 0 radical (unpaired) electrons. The molecule has 3 rings (SSSR count). The van der Waals surface area contributed by atoms with Crippen molar-refractivity contribution in [2.45, 2.75) is 13.8 Å². The number of anilines is 1. The summed E-state index contributed by atoms with van der Waals surface area (Å²) in [5, 5.41) is 2.81. The fourth-order valence-corrected chi connectivity index (χ4v) is 2.41. The number of halogens is 1. The lowest BCUT2D eigenvalue weighted by molar-refractivity contribution is 0.102. The molecule has 24 heavy (non-hydrogen) atoms. The molecule has 1 amide bonds. The Labute approximate surface area is 139 Å². The number of pyridine rings is 2. The van der Waals surface area contributed by atoms with Crippen LogP contribution in [0.25, 0.3) is 11.1 Å². The highest BCUT2D eigenvalue weighted by Gasteiger charge is 2.11. The molecular weight excluding hydrogens is 305 g/mol. The second-order valence-electron chi connectivity index (χ2n) is 5.53. The third kappa shape index (κ3) is 3.63. The highest BCUT2D eigenvalue weighted by molar-refractivity contribution is 6.03. The molecule has 0 unspecified atom stereocenters. The van der Waals surface area contributed by atoms with Crippen LogP contribution in [0.4, 0.5) is 10.1 Å². The lowest BCUT2D eigenvalue weighted by atomic mass is 10.0. The molecule has 0 atom stereocenters. The van der Waals surface area contributed by atoms with Gasteiger partial charge < -0.3 is 5.32 Å². The van der Waals surface area contributed by atoms with Gasteiger partial charge >= 0.3 is 0 Å². The summed E-state index contributed by atoms with van der Waals surface area (Å²) in [6.07, 6.45) is 1.64. The zero-order valence-corrected chi connectivity index (χ0v) is 13.4. The van der Waals surface area contributed by atoms with E-state index in [2.05, 4.69) is 15.3 Å². The van der Waals surface area contributed by atoms with Gasteiger partial charge in [-0.15, -0.1) is 0 Å². The molecule has 1 N–H and O–H groups in total. The maximum absolute atomic E-state index is 13.1. The molecule has 0 aliphatic heterocycles. The number of hydrogen-bond acceptors (Lipinski definition) is 3. The molecule has 0 saturated carbocycles. The average Bonchev–Trinajstić information content (AvgIpc) is 2.55. The summed E-state index contributed by atoms with van der Waals surface area (Å²) in [6, 6.07) is 13.2. The van der Waals surface area contributed by atoms with Gasteiger partial charge in [0.25, 0.3) is 5.91 Å². The maximum atomic E-state index is 13.1. The third-order valence-electron chi connectivity index (χ3n) is 3.52. The molecule has 0 bridgehead atoms. The Morgan fingerprint density at radius 3 is 2.42 bits per heavy atom. The molecule has 2 aromatic heterocycles. The number of benzene rings is 1. The quantitative estimate of drug-likeness (QED) is 0.788. The molecule has 0 aliphatic carbocycles. The fourth-order valence-electron chi connectivity index (χ4n) is 2.41. The largest absolute Gasteiger partial charge is 0.321 e. The van der Waals surface area contributed by atoms with E-state index < -0.39 is 0 Å². The fraction of sp³-hybridized carbons (Fsp3) is 0.105. The topological polar surface area (TPSA) is 54.9 Å². The minimum absolute atomic E-state index is 0.296. The van der Waals surface area contributed by atoms with Gasteiger partial charge in [0.05, 0.1) is 0 Å². The molecule has 0 aliphatic rings. The van der Waals surface area contributed by atoms with Crippen LogP contribution in [0.3, 0.4) is 0 Å². The molecule has 4 nitrogen and oxygen atoms in total. The van der Waals surface area contributed by atoms with E-state index in [1.165, 1.54) is 12.1 Å². The zero-order valence-electron chi connectivity index (χ0n) is 13.4. The summed E-state index contributed by atoms with van der Waals surface area (Å²) in [6.45, 7) is 3.67. The number of nitrogens with zero attached hydrogens (tertiary/aromatic N) is 2. The molecule has 0 spiro atoms. The van der Waals surface area contributed by atoms with Crippen LogP contribution in [0.5, 0.6) is 0 Å². The first-order chi connectivity index (χ1) is 11.5. The van der Waals surface area contributed by atoms with E-state index in [0.717, 1.165) is 16.8 Å². The normalized spacial score (nSPS) is 10.5. The highest BCUT2D eigenvalue weighted by atomic mass is 19.1. The molecule has 2 heterocycles. The van der Waals surface area contributed by atoms with Crippen LogP contribution in [0.15, 0.2) is 54.7 Å². The van der Waals surface area contributed by atoms with Crippen molar-refractivity contribution in [1.82, 2.24) is 9.97 Å². The SMILES string of the molecule is Cc1cc(NC(=O)c2cc(-c3ccc(F)cc3)cc(C)n2)ccn1. The van der Waals surface area contributed by atoms with Crippen molar-refractivity contribution in [1.29, 1.82) is 0 Å². The molecule has 0 fully saturated rings.